The summed E-state index contributed by atoms with van der Waals surface area (Å²) in [6.45, 7) is 11.0. The van der Waals surface area contributed by atoms with Crippen molar-refractivity contribution < 1.29 is 0 Å². The maximum absolute atomic E-state index is 5.11. The summed E-state index contributed by atoms with van der Waals surface area (Å²) in [5.74, 6) is 1.31. The molecule has 0 amide bonds. The van der Waals surface area contributed by atoms with Crippen LogP contribution < -0.4 is 5.32 Å². The van der Waals surface area contributed by atoms with Crippen LogP contribution in [-0.2, 0) is 0 Å². The van der Waals surface area contributed by atoms with Crippen molar-refractivity contribution in [3.63, 3.8) is 0 Å². The Balaban J connectivity index is 1.40. The first kappa shape index (κ1) is 26.5. The van der Waals surface area contributed by atoms with E-state index in [-0.39, 0.29) is 5.92 Å². The van der Waals surface area contributed by atoms with E-state index in [9.17, 15) is 0 Å². The van der Waals surface area contributed by atoms with Gasteiger partial charge in [-0.15, -0.1) is 0 Å². The van der Waals surface area contributed by atoms with Crippen molar-refractivity contribution in [3.8, 4) is 0 Å². The zero-order chi connectivity index (χ0) is 28.3. The summed E-state index contributed by atoms with van der Waals surface area (Å²) in [4.78, 5) is 10.0. The van der Waals surface area contributed by atoms with Gasteiger partial charge >= 0.3 is 0 Å². The second-order valence-corrected chi connectivity index (χ2v) is 10.9. The number of aliphatic imine (C=N–C) groups is 2. The van der Waals surface area contributed by atoms with Crippen molar-refractivity contribution >= 4 is 22.9 Å². The number of amidine groups is 1. The first-order chi connectivity index (χ1) is 20.0. The number of allylic oxidation sites excluding steroid dienone is 8. The highest BCUT2D eigenvalue weighted by molar-refractivity contribution is 6.13. The smallest absolute Gasteiger partial charge is 0.160 e. The zero-order valence-electron chi connectivity index (χ0n) is 23.9. The Morgan fingerprint density at radius 1 is 0.854 bits per heavy atom. The Morgan fingerprint density at radius 2 is 1.54 bits per heavy atom. The largest absolute Gasteiger partial charge is 0.355 e. The number of nitrogens with zero attached hydrogens (tertiary/aromatic N) is 2. The van der Waals surface area contributed by atoms with Gasteiger partial charge in [0, 0.05) is 34.2 Å². The van der Waals surface area contributed by atoms with Crippen LogP contribution in [-0.4, -0.2) is 11.5 Å². The molecule has 0 aromatic heterocycles. The number of rotatable bonds is 5. The van der Waals surface area contributed by atoms with E-state index in [0.29, 0.717) is 17.5 Å². The second kappa shape index (κ2) is 11.4. The van der Waals surface area contributed by atoms with E-state index in [4.69, 9.17) is 9.98 Å². The molecule has 0 saturated heterocycles. The van der Waals surface area contributed by atoms with Crippen molar-refractivity contribution in [1.29, 1.82) is 0 Å². The number of fused-ring (bicyclic) bond motifs is 4. The highest BCUT2D eigenvalue weighted by Gasteiger charge is 2.30. The average Bonchev–Trinajstić information content (AvgIpc) is 3.09. The first-order valence-corrected chi connectivity index (χ1v) is 14.3. The molecule has 0 fully saturated rings. The second-order valence-electron chi connectivity index (χ2n) is 10.9. The van der Waals surface area contributed by atoms with Gasteiger partial charge in [-0.2, -0.15) is 0 Å². The van der Waals surface area contributed by atoms with Gasteiger partial charge in [0.25, 0.3) is 0 Å². The predicted molar refractivity (Wildman–Crippen MR) is 174 cm³/mol. The van der Waals surface area contributed by atoms with E-state index in [1.807, 2.05) is 48.5 Å². The van der Waals surface area contributed by atoms with Gasteiger partial charge in [-0.1, -0.05) is 118 Å². The van der Waals surface area contributed by atoms with Crippen LogP contribution in [0, 0.1) is 5.92 Å². The summed E-state index contributed by atoms with van der Waals surface area (Å²) < 4.78 is 0. The van der Waals surface area contributed by atoms with Gasteiger partial charge < -0.3 is 5.32 Å². The van der Waals surface area contributed by atoms with Crippen LogP contribution in [0.25, 0.3) is 11.4 Å². The summed E-state index contributed by atoms with van der Waals surface area (Å²) in [6, 6.07) is 29.0. The Morgan fingerprint density at radius 3 is 2.29 bits per heavy atom. The van der Waals surface area contributed by atoms with Crippen LogP contribution in [0.2, 0.25) is 0 Å². The van der Waals surface area contributed by atoms with Gasteiger partial charge in [0.15, 0.2) is 5.84 Å². The topological polar surface area (TPSA) is 36.8 Å². The number of nitrogens with one attached hydrogen (secondary N) is 1. The third-order valence-electron chi connectivity index (χ3n) is 8.15. The van der Waals surface area contributed by atoms with E-state index in [1.54, 1.807) is 0 Å². The van der Waals surface area contributed by atoms with Gasteiger partial charge in [0.2, 0.25) is 0 Å². The molecule has 2 unspecified atom stereocenters. The quantitative estimate of drug-likeness (QED) is 0.258. The van der Waals surface area contributed by atoms with Crippen LogP contribution in [0.5, 0.6) is 0 Å². The van der Waals surface area contributed by atoms with Crippen molar-refractivity contribution in [2.45, 2.75) is 33.1 Å². The summed E-state index contributed by atoms with van der Waals surface area (Å²) in [5, 5.41) is 3.74. The van der Waals surface area contributed by atoms with E-state index >= 15 is 0 Å². The van der Waals surface area contributed by atoms with Crippen molar-refractivity contribution in [1.82, 2.24) is 5.32 Å². The maximum Gasteiger partial charge on any atom is 0.160 e. The van der Waals surface area contributed by atoms with E-state index in [2.05, 4.69) is 99.4 Å². The number of dihydropyridines is 1. The lowest BCUT2D eigenvalue weighted by molar-refractivity contribution is 0.670. The minimum Gasteiger partial charge on any atom is -0.355 e. The molecule has 3 aromatic rings. The summed E-state index contributed by atoms with van der Waals surface area (Å²) in [5.41, 5.74) is 12.4. The van der Waals surface area contributed by atoms with Crippen molar-refractivity contribution in [2.75, 3.05) is 0 Å². The molecule has 2 bridgehead atoms. The number of benzene rings is 3. The Bertz CT molecular complexity index is 1710. The molecule has 41 heavy (non-hydrogen) atoms. The van der Waals surface area contributed by atoms with Crippen LogP contribution in [0.4, 0.5) is 0 Å². The Hall–Kier alpha value is -4.76. The van der Waals surface area contributed by atoms with Gasteiger partial charge in [-0.3, -0.25) is 0 Å². The zero-order valence-corrected chi connectivity index (χ0v) is 23.9. The third kappa shape index (κ3) is 5.36. The van der Waals surface area contributed by atoms with Gasteiger partial charge in [-0.05, 0) is 65.3 Å². The fourth-order valence-electron chi connectivity index (χ4n) is 5.88. The predicted octanol–water partition coefficient (Wildman–Crippen LogP) is 9.03. The first-order valence-electron chi connectivity index (χ1n) is 14.3. The van der Waals surface area contributed by atoms with Crippen LogP contribution in [0.15, 0.2) is 154 Å². The monoisotopic (exact) mass is 533 g/mol. The van der Waals surface area contributed by atoms with Gasteiger partial charge in [0.05, 0.1) is 5.70 Å². The standard InChI is InChI=1S/C38H35N3/c1-25-22-23-31(24-34(25)37-26(2)32-18-11-12-19-33(32)35-20-13-21-36(37)41-35)28(4)40-38(30-16-9-6-10-17-30)39-27(3)29-14-7-5-8-15-29/h5-21,23-26,41H,3,22H2,1-2,4H3. The fraction of sp³-hybridized carbons (Fsp3) is 0.158. The van der Waals surface area contributed by atoms with E-state index < -0.39 is 0 Å². The molecule has 3 heteroatoms. The Labute approximate surface area is 243 Å². The summed E-state index contributed by atoms with van der Waals surface area (Å²) in [6.07, 6.45) is 12.2. The molecule has 3 aliphatic rings. The Kier molecular flexibility index (Phi) is 7.35. The highest BCUT2D eigenvalue weighted by Crippen LogP contribution is 2.43. The van der Waals surface area contributed by atoms with Crippen molar-refractivity contribution in [3.05, 3.63) is 167 Å². The molecule has 0 spiro atoms. The minimum atomic E-state index is 0.253. The highest BCUT2D eigenvalue weighted by atomic mass is 14.9. The molecule has 3 aromatic carbocycles. The SMILES string of the molecule is C=C(N=C(N=C(C)C1=CCC(C)C(C2=C3C=CC=C(N3)c3ccccc3C2C)=C1)c1ccccc1)c1ccccc1. The van der Waals surface area contributed by atoms with Crippen molar-refractivity contribution in [2.24, 2.45) is 15.9 Å². The van der Waals surface area contributed by atoms with Gasteiger partial charge in [0.1, 0.15) is 0 Å². The van der Waals surface area contributed by atoms with Crippen LogP contribution >= 0.6 is 0 Å². The molecule has 2 heterocycles. The fourth-order valence-corrected chi connectivity index (χ4v) is 5.88. The third-order valence-corrected chi connectivity index (χ3v) is 8.15. The lowest BCUT2D eigenvalue weighted by Crippen LogP contribution is -2.18. The van der Waals surface area contributed by atoms with Crippen LogP contribution in [0.1, 0.15) is 55.4 Å². The molecule has 6 rings (SSSR count). The molecule has 0 saturated carbocycles. The van der Waals surface area contributed by atoms with Gasteiger partial charge in [-0.25, -0.2) is 9.98 Å². The summed E-state index contributed by atoms with van der Waals surface area (Å²) >= 11 is 0. The number of hydrogen-bond donors (Lipinski definition) is 1. The molecular weight excluding hydrogens is 498 g/mol. The minimum absolute atomic E-state index is 0.253. The molecule has 1 N–H and O–H groups in total. The van der Waals surface area contributed by atoms with Crippen LogP contribution in [0.3, 0.4) is 0 Å². The van der Waals surface area contributed by atoms with E-state index in [1.165, 1.54) is 33.7 Å². The van der Waals surface area contributed by atoms with E-state index in [0.717, 1.165) is 28.8 Å². The molecule has 3 nitrogen and oxygen atoms in total. The maximum atomic E-state index is 5.11. The molecule has 0 radical (unpaired) electrons. The molecule has 2 atom stereocenters. The average molecular weight is 534 g/mol. The summed E-state index contributed by atoms with van der Waals surface area (Å²) in [7, 11) is 0. The lowest BCUT2D eigenvalue weighted by Gasteiger charge is -2.28. The normalized spacial score (nSPS) is 20.3. The molecule has 2 aliphatic heterocycles. The molecule has 202 valence electrons. The number of hydrogen-bond acceptors (Lipinski definition) is 2. The lowest BCUT2D eigenvalue weighted by atomic mass is 9.77. The molecule has 1 aliphatic carbocycles. The molecular formula is C38H35N3.